The number of nitrogens with one attached hydrogen (secondary N) is 2. The molecule has 4 aromatic rings. The average molecular weight is 463 g/mol. The molecule has 3 N–H and O–H groups in total. The number of hydrogen-bond acceptors (Lipinski definition) is 4. The second-order valence-corrected chi connectivity index (χ2v) is 8.94. The molecule has 0 fully saturated rings. The Morgan fingerprint density at radius 1 is 1.00 bits per heavy atom. The molecular weight excluding hydrogens is 440 g/mol. The Morgan fingerprint density at radius 2 is 1.70 bits per heavy atom. The van der Waals surface area contributed by atoms with Crippen LogP contribution >= 0.6 is 11.6 Å². The lowest BCUT2D eigenvalue weighted by molar-refractivity contribution is -0.122. The van der Waals surface area contributed by atoms with E-state index in [1.54, 1.807) is 18.5 Å². The van der Waals surface area contributed by atoms with E-state index in [0.29, 0.717) is 45.9 Å². The van der Waals surface area contributed by atoms with Gasteiger partial charge in [-0.1, -0.05) is 41.9 Å². The fourth-order valence-electron chi connectivity index (χ4n) is 4.61. The molecule has 7 nitrogen and oxygen atoms in total. The van der Waals surface area contributed by atoms with Gasteiger partial charge in [-0.25, -0.2) is 0 Å². The summed E-state index contributed by atoms with van der Waals surface area (Å²) >= 11 is 6.55. The number of rotatable bonds is 6. The third kappa shape index (κ3) is 3.64. The van der Waals surface area contributed by atoms with Crippen molar-refractivity contribution in [3.8, 4) is 0 Å². The second kappa shape index (κ2) is 8.19. The van der Waals surface area contributed by atoms with Crippen molar-refractivity contribution in [3.63, 3.8) is 0 Å². The van der Waals surface area contributed by atoms with E-state index in [1.165, 1.54) is 0 Å². The van der Waals surface area contributed by atoms with Gasteiger partial charge in [0.2, 0.25) is 0 Å². The molecule has 0 saturated carbocycles. The number of aromatic nitrogens is 2. The van der Waals surface area contributed by atoms with Crippen LogP contribution in [0.2, 0.25) is 5.02 Å². The number of H-pyrrole nitrogens is 1. The highest BCUT2D eigenvalue weighted by Gasteiger charge is 2.35. The molecule has 0 aliphatic carbocycles. The van der Waals surface area contributed by atoms with Crippen LogP contribution in [-0.4, -0.2) is 58.1 Å². The van der Waals surface area contributed by atoms with E-state index in [4.69, 9.17) is 11.6 Å². The van der Waals surface area contributed by atoms with Crippen molar-refractivity contribution in [3.05, 3.63) is 71.0 Å². The molecule has 8 heteroatoms. The maximum atomic E-state index is 13.0. The summed E-state index contributed by atoms with van der Waals surface area (Å²) in [4.78, 5) is 31.1. The molecule has 1 atom stereocenters. The van der Waals surface area contributed by atoms with Crippen LogP contribution in [0, 0.1) is 0 Å². The lowest BCUT2D eigenvalue weighted by atomic mass is 9.95. The van der Waals surface area contributed by atoms with E-state index >= 15 is 0 Å². The summed E-state index contributed by atoms with van der Waals surface area (Å²) in [6, 6.07) is 13.1. The van der Waals surface area contributed by atoms with Crippen molar-refractivity contribution in [2.24, 2.45) is 0 Å². The number of benzene rings is 2. The molecule has 0 spiro atoms. The van der Waals surface area contributed by atoms with Gasteiger partial charge in [0.1, 0.15) is 0 Å². The number of aromatic amines is 1. The minimum Gasteiger partial charge on any atom is -0.390 e. The third-order valence-electron chi connectivity index (χ3n) is 5.89. The first-order chi connectivity index (χ1) is 15.8. The molecule has 5 rings (SSSR count). The second-order valence-electron chi connectivity index (χ2n) is 8.53. The van der Waals surface area contributed by atoms with Gasteiger partial charge in [-0.2, -0.15) is 0 Å². The quantitative estimate of drug-likeness (QED) is 0.384. The smallest absolute Gasteiger partial charge is 0.259 e. The molecule has 0 bridgehead atoms. The van der Waals surface area contributed by atoms with E-state index < -0.39 is 17.9 Å². The molecule has 2 aromatic heterocycles. The molecule has 1 aliphatic heterocycles. The van der Waals surface area contributed by atoms with E-state index in [2.05, 4.69) is 10.3 Å². The van der Waals surface area contributed by atoms with Crippen molar-refractivity contribution in [2.45, 2.75) is 12.6 Å². The normalized spacial score (nSPS) is 15.3. The van der Waals surface area contributed by atoms with Crippen LogP contribution in [0.4, 0.5) is 0 Å². The zero-order valence-electron chi connectivity index (χ0n) is 18.2. The number of amides is 2. The molecule has 2 aromatic carbocycles. The largest absolute Gasteiger partial charge is 0.390 e. The average Bonchev–Trinajstić information content (AvgIpc) is 3.41. The summed E-state index contributed by atoms with van der Waals surface area (Å²) in [5.41, 5.74) is 3.49. The first kappa shape index (κ1) is 21.5. The van der Waals surface area contributed by atoms with Crippen LogP contribution in [0.15, 0.2) is 54.9 Å². The summed E-state index contributed by atoms with van der Waals surface area (Å²) in [6.45, 7) is 0.769. The fourth-order valence-corrected chi connectivity index (χ4v) is 4.89. The minimum absolute atomic E-state index is 0.295. The molecule has 0 saturated heterocycles. The van der Waals surface area contributed by atoms with Crippen molar-refractivity contribution in [1.82, 2.24) is 19.8 Å². The molecular formula is C25H23ClN4O3. The van der Waals surface area contributed by atoms with Crippen LogP contribution in [-0.2, 0) is 16.1 Å². The lowest BCUT2D eigenvalue weighted by Gasteiger charge is -2.17. The first-order valence-corrected chi connectivity index (χ1v) is 11.0. The molecule has 1 aliphatic rings. The predicted molar refractivity (Wildman–Crippen MR) is 130 cm³/mol. The summed E-state index contributed by atoms with van der Waals surface area (Å²) in [6.07, 6.45) is 2.92. The van der Waals surface area contributed by atoms with Crippen molar-refractivity contribution < 1.29 is 14.7 Å². The van der Waals surface area contributed by atoms with Crippen LogP contribution in [0.25, 0.3) is 33.0 Å². The Kier molecular flexibility index (Phi) is 5.32. The van der Waals surface area contributed by atoms with Gasteiger partial charge in [-0.3, -0.25) is 14.9 Å². The highest BCUT2D eigenvalue weighted by molar-refractivity contribution is 6.51. The Morgan fingerprint density at radius 3 is 2.45 bits per heavy atom. The zero-order chi connectivity index (χ0) is 23.3. The van der Waals surface area contributed by atoms with Gasteiger partial charge < -0.3 is 19.6 Å². The zero-order valence-corrected chi connectivity index (χ0v) is 19.0. The number of para-hydroxylation sites is 2. The number of likely N-dealkylation sites (N-methyl/N-ethyl adjacent to an activating group) is 1. The summed E-state index contributed by atoms with van der Waals surface area (Å²) in [5, 5.41) is 15.1. The summed E-state index contributed by atoms with van der Waals surface area (Å²) in [7, 11) is 3.78. The monoisotopic (exact) mass is 462 g/mol. The van der Waals surface area contributed by atoms with Gasteiger partial charge in [0, 0.05) is 52.9 Å². The number of carbonyl (C=O) groups excluding carboxylic acids is 2. The highest BCUT2D eigenvalue weighted by Crippen LogP contribution is 2.39. The Bertz CT molecular complexity index is 1450. The van der Waals surface area contributed by atoms with E-state index in [-0.39, 0.29) is 0 Å². The van der Waals surface area contributed by atoms with Crippen molar-refractivity contribution in [2.75, 3.05) is 20.6 Å². The number of halogens is 1. The maximum absolute atomic E-state index is 13.0. The predicted octanol–water partition coefficient (Wildman–Crippen LogP) is 3.27. The van der Waals surface area contributed by atoms with Crippen LogP contribution < -0.4 is 5.32 Å². The number of fused-ring (bicyclic) bond motifs is 2. The van der Waals surface area contributed by atoms with Gasteiger partial charge in [-0.05, 0) is 26.2 Å². The van der Waals surface area contributed by atoms with Gasteiger partial charge in [0.15, 0.2) is 0 Å². The number of aliphatic hydroxyl groups is 1. The lowest BCUT2D eigenvalue weighted by Crippen LogP contribution is -2.29. The SMILES string of the molecule is CN(C)CC(O)Cn1cc(C2=C(c3c[nH]c4ccccc34)C(=O)NC2=O)c2cccc(Cl)c21. The van der Waals surface area contributed by atoms with Crippen LogP contribution in [0.1, 0.15) is 11.1 Å². The van der Waals surface area contributed by atoms with Crippen LogP contribution in [0.3, 0.4) is 0 Å². The topological polar surface area (TPSA) is 90.4 Å². The van der Waals surface area contributed by atoms with Crippen LogP contribution in [0.5, 0.6) is 0 Å². The van der Waals surface area contributed by atoms with E-state index in [1.807, 2.05) is 60.0 Å². The van der Waals surface area contributed by atoms with E-state index in [9.17, 15) is 14.7 Å². The highest BCUT2D eigenvalue weighted by atomic mass is 35.5. The molecule has 33 heavy (non-hydrogen) atoms. The molecule has 2 amide bonds. The number of imide groups is 1. The Hall–Kier alpha value is -3.39. The van der Waals surface area contributed by atoms with Gasteiger partial charge in [-0.15, -0.1) is 0 Å². The molecule has 168 valence electrons. The van der Waals surface area contributed by atoms with E-state index in [0.717, 1.165) is 16.3 Å². The summed E-state index contributed by atoms with van der Waals surface area (Å²) < 4.78 is 1.86. The molecule has 3 heterocycles. The summed E-state index contributed by atoms with van der Waals surface area (Å²) in [5.74, 6) is -0.886. The minimum atomic E-state index is -0.638. The Balaban J connectivity index is 1.74. The standard InChI is InChI=1S/C25H23ClN4O3/c1-29(2)11-14(31)12-30-13-18(16-7-5-8-19(26)23(16)30)22-21(24(32)28-25(22)33)17-10-27-20-9-4-3-6-15(17)20/h3-10,13-14,27,31H,11-12H2,1-2H3,(H,28,32,33). The van der Waals surface area contributed by atoms with Gasteiger partial charge in [0.05, 0.1) is 27.8 Å². The van der Waals surface area contributed by atoms with Gasteiger partial charge >= 0.3 is 0 Å². The number of nitrogens with zero attached hydrogens (tertiary/aromatic N) is 2. The number of hydrogen-bond donors (Lipinski definition) is 3. The number of carbonyl (C=O) groups is 2. The van der Waals surface area contributed by atoms with Gasteiger partial charge in [0.25, 0.3) is 11.8 Å². The third-order valence-corrected chi connectivity index (χ3v) is 6.20. The molecule has 1 unspecified atom stereocenters. The van der Waals surface area contributed by atoms with Crippen molar-refractivity contribution in [1.29, 1.82) is 0 Å². The number of aliphatic hydroxyl groups excluding tert-OH is 1. The fraction of sp³-hybridized carbons (Fsp3) is 0.200. The van der Waals surface area contributed by atoms with Crippen molar-refractivity contribution >= 4 is 56.4 Å². The molecule has 0 radical (unpaired) electrons. The maximum Gasteiger partial charge on any atom is 0.259 e. The Labute approximate surface area is 195 Å². The first-order valence-electron chi connectivity index (χ1n) is 10.6.